The number of carbonyl (C=O) groups is 3. The van der Waals surface area contributed by atoms with Crippen molar-refractivity contribution in [3.8, 4) is 17.2 Å². The van der Waals surface area contributed by atoms with E-state index >= 15 is 0 Å². The van der Waals surface area contributed by atoms with Gasteiger partial charge in [-0.15, -0.1) is 0 Å². The van der Waals surface area contributed by atoms with Crippen molar-refractivity contribution in [3.63, 3.8) is 0 Å². The van der Waals surface area contributed by atoms with Gasteiger partial charge in [0.25, 0.3) is 11.7 Å². The Bertz CT molecular complexity index is 2540. The third kappa shape index (κ3) is 13.8. The Morgan fingerprint density at radius 1 is 0.907 bits per heavy atom. The third-order valence-corrected chi connectivity index (χ3v) is 15.3. The summed E-state index contributed by atoms with van der Waals surface area (Å²) < 4.78 is 24.0. The van der Waals surface area contributed by atoms with Gasteiger partial charge < -0.3 is 70.4 Å². The van der Waals surface area contributed by atoms with Crippen LogP contribution in [0, 0.1) is 36.5 Å². The summed E-state index contributed by atoms with van der Waals surface area (Å²) in [7, 11) is 1.47. The standard InChI is InChI=1S/C46H62N4O11.C10H24N2O2/c1-22(2)21-50-18-16-46(17-19-50)48-34-31-32-39(54)28(8)42-33(31)43(56)45(10,61-42)59-20-15-30(58-11)25(5)41(60-29(9)51)27(7)38(53)26(6)37(52)23(3)13-12-14-24(4)44(57)47-36(40(32)55)35(34)49-46;1-3-9(7-13)11-5-6-12-10(4-2)8-14/h12-15,20,22-23,25-27,30,37-38,41,48,52-55H,16-19,21H2,1-11H3;9-14H,3-8H2,1-2H3/b13-12+,20-15+,24-14-,47-36?;/t23-,25+,26+,27+,30-,37-,38+,41+,45-;9-,10-/m00/s1. The summed E-state index contributed by atoms with van der Waals surface area (Å²) in [4.78, 5) is 52.9. The molecule has 2 aromatic rings. The summed E-state index contributed by atoms with van der Waals surface area (Å²) >= 11 is 0. The molecule has 1 fully saturated rings. The van der Waals surface area contributed by atoms with E-state index in [1.54, 1.807) is 65.8 Å². The lowest BCUT2D eigenvalue weighted by atomic mass is 9.78. The number of Topliss-reactive ketones (excluding diaryl/α,β-unsaturated/α-hetero) is 1. The molecule has 4 bridgehead atoms. The van der Waals surface area contributed by atoms with E-state index in [1.807, 2.05) is 13.8 Å². The zero-order valence-electron chi connectivity index (χ0n) is 46.4. The van der Waals surface area contributed by atoms with Crippen LogP contribution in [-0.4, -0.2) is 154 Å². The summed E-state index contributed by atoms with van der Waals surface area (Å²) in [6.45, 7) is 25.7. The topological polar surface area (TPSA) is 274 Å². The van der Waals surface area contributed by atoms with Gasteiger partial charge in [-0.25, -0.2) is 4.99 Å². The van der Waals surface area contributed by atoms with Crippen LogP contribution < -0.4 is 31.4 Å². The number of amides is 1. The van der Waals surface area contributed by atoms with Gasteiger partial charge in [0.1, 0.15) is 34.0 Å². The molecule has 0 saturated carbocycles. The molecule has 0 unspecified atom stereocenters. The lowest BCUT2D eigenvalue weighted by Gasteiger charge is -2.38. The number of carbonyl (C=O) groups excluding carboxylic acids is 3. The summed E-state index contributed by atoms with van der Waals surface area (Å²) in [5, 5.41) is 74.8. The Morgan fingerprint density at radius 3 is 2.07 bits per heavy atom. The molecule has 11 atom stereocenters. The summed E-state index contributed by atoms with van der Waals surface area (Å²) in [5.74, 6) is -6.57. The molecule has 9 N–H and O–H groups in total. The van der Waals surface area contributed by atoms with Gasteiger partial charge >= 0.3 is 11.8 Å². The van der Waals surface area contributed by atoms with Crippen molar-refractivity contribution in [1.82, 2.24) is 15.5 Å². The first-order chi connectivity index (χ1) is 35.4. The van der Waals surface area contributed by atoms with Crippen LogP contribution in [0.4, 0.5) is 5.69 Å². The van der Waals surface area contributed by atoms with Crippen molar-refractivity contribution in [2.75, 3.05) is 58.4 Å². The number of anilines is 1. The number of ether oxygens (including phenoxy) is 4. The number of esters is 1. The molecule has 0 aliphatic carbocycles. The van der Waals surface area contributed by atoms with Crippen molar-refractivity contribution >= 4 is 34.1 Å². The number of piperidine rings is 1. The van der Waals surface area contributed by atoms with Crippen LogP contribution in [0.1, 0.15) is 118 Å². The Balaban J connectivity index is 0.000000649. The molecule has 0 aromatic heterocycles. The summed E-state index contributed by atoms with van der Waals surface area (Å²) in [6, 6.07) is 0.400. The lowest BCUT2D eigenvalue weighted by Crippen LogP contribution is -2.47. The van der Waals surface area contributed by atoms with Gasteiger partial charge in [-0.3, -0.25) is 19.4 Å². The number of aliphatic hydroxyl groups is 4. The number of hydrogen-bond donors (Lipinski definition) is 9. The Morgan fingerprint density at radius 2 is 1.52 bits per heavy atom. The Hall–Kier alpha value is -4.99. The number of allylic oxidation sites excluding steroid dienone is 2. The average molecular weight is 1050 g/mol. The van der Waals surface area contributed by atoms with Gasteiger partial charge in [0.15, 0.2) is 5.75 Å². The van der Waals surface area contributed by atoms with Crippen LogP contribution in [-0.2, 0) is 23.8 Å². The molecular weight excluding hydrogens is 965 g/mol. The van der Waals surface area contributed by atoms with Crippen LogP contribution >= 0.6 is 0 Å². The number of nitrogens with zero attached hydrogens (tertiary/aromatic N) is 3. The molecule has 418 valence electrons. The number of aromatic hydroxyl groups is 2. The third-order valence-electron chi connectivity index (χ3n) is 15.3. The summed E-state index contributed by atoms with van der Waals surface area (Å²) in [5.41, 5.74) is -0.111. The largest absolute Gasteiger partial charge is 0.507 e. The minimum atomic E-state index is -1.95. The number of rotatable bonds is 13. The number of benzene rings is 2. The molecule has 19 nitrogen and oxygen atoms in total. The van der Waals surface area contributed by atoms with E-state index < -0.39 is 82.9 Å². The van der Waals surface area contributed by atoms with E-state index in [0.29, 0.717) is 24.4 Å². The van der Waals surface area contributed by atoms with E-state index in [2.05, 4.69) is 39.7 Å². The lowest BCUT2D eigenvalue weighted by molar-refractivity contribution is -0.160. The fraction of sp³-hybridized carbons (Fsp3) is 0.661. The predicted octanol–water partition coefficient (Wildman–Crippen LogP) is 4.46. The number of phenolic OH excluding ortho intramolecular Hbond substituents is 2. The molecule has 2 aromatic carbocycles. The molecule has 6 rings (SSSR count). The van der Waals surface area contributed by atoms with Crippen LogP contribution in [0.15, 0.2) is 46.1 Å². The van der Waals surface area contributed by atoms with Crippen molar-refractivity contribution < 1.29 is 64.0 Å². The van der Waals surface area contributed by atoms with Crippen LogP contribution in [0.2, 0.25) is 0 Å². The van der Waals surface area contributed by atoms with Gasteiger partial charge in [-0.2, -0.15) is 0 Å². The summed E-state index contributed by atoms with van der Waals surface area (Å²) in [6.07, 6.45) is 6.95. The SMILES string of the molecule is CC[C@@H](CO)NCCN[C@@H](CC)CO.CO[C@H]1/C=C/O[C@@]2(C)Oc3c(C)c(O)c4c(O)c(c5c(c4c3C2=O)NC2(CCN(CC(C)C)CC2)N=5)=NC(=O)/C(C)=C\C=C\[C@H](C)[C@H](O)[C@@H](C)[C@@H](O)[C@@H](C)[C@H](OC(C)=O)[C@@H]1C. The van der Waals surface area contributed by atoms with E-state index in [1.165, 1.54) is 27.2 Å². The smallest absolute Gasteiger partial charge is 0.312 e. The molecule has 1 saturated heterocycles. The van der Waals surface area contributed by atoms with Crippen LogP contribution in [0.5, 0.6) is 17.2 Å². The first-order valence-corrected chi connectivity index (χ1v) is 26.7. The first kappa shape index (κ1) is 60.9. The van der Waals surface area contributed by atoms with Crippen LogP contribution in [0.3, 0.4) is 0 Å². The highest BCUT2D eigenvalue weighted by Crippen LogP contribution is 2.51. The zero-order chi connectivity index (χ0) is 55.7. The monoisotopic (exact) mass is 1050 g/mol. The quantitative estimate of drug-likeness (QED) is 0.0761. The Kier molecular flexibility index (Phi) is 21.4. The Labute approximate surface area is 442 Å². The molecule has 0 radical (unpaired) electrons. The number of hydrogen-bond acceptors (Lipinski definition) is 18. The second-order valence-corrected chi connectivity index (χ2v) is 21.5. The number of methoxy groups -OCH3 is 1. The maximum Gasteiger partial charge on any atom is 0.312 e. The normalized spacial score (nSPS) is 29.4. The predicted molar refractivity (Wildman–Crippen MR) is 286 cm³/mol. The number of likely N-dealkylation sites (tertiary alicyclic amines) is 1. The van der Waals surface area contributed by atoms with Gasteiger partial charge in [-0.1, -0.05) is 73.6 Å². The number of phenols is 2. The molecule has 4 aliphatic rings. The van der Waals surface area contributed by atoms with Crippen molar-refractivity contribution in [2.45, 2.75) is 157 Å². The first-order valence-electron chi connectivity index (χ1n) is 26.7. The number of aliphatic hydroxyl groups excluding tert-OH is 4. The van der Waals surface area contributed by atoms with Gasteiger partial charge in [0.05, 0.1) is 54.4 Å². The highest BCUT2D eigenvalue weighted by molar-refractivity contribution is 6.21. The minimum Gasteiger partial charge on any atom is -0.507 e. The zero-order valence-corrected chi connectivity index (χ0v) is 46.4. The van der Waals surface area contributed by atoms with E-state index in [0.717, 1.165) is 45.6 Å². The number of nitrogens with one attached hydrogen (secondary N) is 3. The molecule has 4 aliphatic heterocycles. The second-order valence-electron chi connectivity index (χ2n) is 21.5. The van der Waals surface area contributed by atoms with Crippen molar-refractivity contribution in [3.05, 3.63) is 58.0 Å². The fourth-order valence-corrected chi connectivity index (χ4v) is 10.5. The minimum absolute atomic E-state index is 0.0538. The van der Waals surface area contributed by atoms with Gasteiger partial charge in [0, 0.05) is 119 Å². The van der Waals surface area contributed by atoms with Gasteiger partial charge in [0.2, 0.25) is 0 Å². The van der Waals surface area contributed by atoms with E-state index in [4.69, 9.17) is 34.2 Å². The van der Waals surface area contributed by atoms with Crippen molar-refractivity contribution in [1.29, 1.82) is 0 Å². The highest BCUT2D eigenvalue weighted by Gasteiger charge is 2.51. The highest BCUT2D eigenvalue weighted by atomic mass is 16.7. The maximum absolute atomic E-state index is 14.7. The average Bonchev–Trinajstić information content (AvgIpc) is 3.88. The fourth-order valence-electron chi connectivity index (χ4n) is 10.5. The molecule has 4 heterocycles. The molecule has 1 amide bonds. The maximum atomic E-state index is 14.7. The molecule has 75 heavy (non-hydrogen) atoms. The molecule has 19 heteroatoms. The van der Waals surface area contributed by atoms with E-state index in [9.17, 15) is 34.8 Å². The van der Waals surface area contributed by atoms with Gasteiger partial charge in [-0.05, 0) is 38.7 Å². The second kappa shape index (κ2) is 26.4. The number of fused-ring (bicyclic) bond motifs is 1. The van der Waals surface area contributed by atoms with Crippen molar-refractivity contribution in [2.24, 2.45) is 39.6 Å². The van der Waals surface area contributed by atoms with E-state index in [-0.39, 0.29) is 75.0 Å². The number of ketones is 1. The molecule has 1 spiro atoms. The van der Waals surface area contributed by atoms with Crippen LogP contribution in [0.25, 0.3) is 10.8 Å². The molecular formula is C56H86N6O13.